The van der Waals surface area contributed by atoms with Gasteiger partial charge < -0.3 is 5.32 Å². The first-order valence-electron chi connectivity index (χ1n) is 6.59. The van der Waals surface area contributed by atoms with Gasteiger partial charge in [0.05, 0.1) is 0 Å². The standard InChI is InChI=1S/C15H21NO/c1-3-15(17)12-5-8-13(9-6-12)16-14-7-4-11(2)10-14/h5-6,8-9,11,14,16H,3-4,7,10H2,1-2H3. The van der Waals surface area contributed by atoms with E-state index >= 15 is 0 Å². The third-order valence-corrected chi connectivity index (χ3v) is 3.59. The Bertz CT molecular complexity index is 382. The molecule has 0 saturated heterocycles. The molecule has 0 spiro atoms. The lowest BCUT2D eigenvalue weighted by molar-refractivity contribution is 0.0988. The van der Waals surface area contributed by atoms with Gasteiger partial charge >= 0.3 is 0 Å². The highest BCUT2D eigenvalue weighted by atomic mass is 16.1. The summed E-state index contributed by atoms with van der Waals surface area (Å²) >= 11 is 0. The molecule has 2 heteroatoms. The van der Waals surface area contributed by atoms with E-state index in [2.05, 4.69) is 12.2 Å². The average molecular weight is 231 g/mol. The molecule has 2 nitrogen and oxygen atoms in total. The molecule has 0 radical (unpaired) electrons. The van der Waals surface area contributed by atoms with E-state index in [-0.39, 0.29) is 5.78 Å². The second kappa shape index (κ2) is 5.35. The van der Waals surface area contributed by atoms with Crippen LogP contribution in [-0.2, 0) is 0 Å². The van der Waals surface area contributed by atoms with Crippen molar-refractivity contribution in [2.75, 3.05) is 5.32 Å². The van der Waals surface area contributed by atoms with Gasteiger partial charge in [0, 0.05) is 23.7 Å². The summed E-state index contributed by atoms with van der Waals surface area (Å²) < 4.78 is 0. The number of hydrogen-bond donors (Lipinski definition) is 1. The van der Waals surface area contributed by atoms with Gasteiger partial charge in [-0.1, -0.05) is 13.8 Å². The minimum absolute atomic E-state index is 0.214. The number of hydrogen-bond acceptors (Lipinski definition) is 2. The van der Waals surface area contributed by atoms with Crippen LogP contribution in [0.3, 0.4) is 0 Å². The van der Waals surface area contributed by atoms with Gasteiger partial charge in [-0.2, -0.15) is 0 Å². The molecule has 17 heavy (non-hydrogen) atoms. The summed E-state index contributed by atoms with van der Waals surface area (Å²) in [7, 11) is 0. The summed E-state index contributed by atoms with van der Waals surface area (Å²) in [6, 6.07) is 8.49. The summed E-state index contributed by atoms with van der Waals surface area (Å²) in [5.74, 6) is 1.06. The molecule has 2 unspecified atom stereocenters. The number of carbonyl (C=O) groups is 1. The Kier molecular flexibility index (Phi) is 3.82. The van der Waals surface area contributed by atoms with Crippen LogP contribution in [0.4, 0.5) is 5.69 Å². The predicted molar refractivity (Wildman–Crippen MR) is 71.5 cm³/mol. The number of rotatable bonds is 4. The fourth-order valence-corrected chi connectivity index (χ4v) is 2.53. The summed E-state index contributed by atoms with van der Waals surface area (Å²) in [5, 5.41) is 3.54. The summed E-state index contributed by atoms with van der Waals surface area (Å²) in [5.41, 5.74) is 1.95. The van der Waals surface area contributed by atoms with Crippen LogP contribution in [0.5, 0.6) is 0 Å². The van der Waals surface area contributed by atoms with E-state index in [0.717, 1.165) is 17.2 Å². The molecular weight excluding hydrogens is 210 g/mol. The van der Waals surface area contributed by atoms with Crippen molar-refractivity contribution in [1.82, 2.24) is 0 Å². The molecule has 0 aromatic heterocycles. The molecule has 2 rings (SSSR count). The van der Waals surface area contributed by atoms with Crippen LogP contribution in [0.1, 0.15) is 49.9 Å². The van der Waals surface area contributed by atoms with Crippen molar-refractivity contribution in [3.63, 3.8) is 0 Å². The molecule has 0 heterocycles. The lowest BCUT2D eigenvalue weighted by Gasteiger charge is -2.14. The van der Waals surface area contributed by atoms with E-state index < -0.39 is 0 Å². The van der Waals surface area contributed by atoms with Crippen molar-refractivity contribution >= 4 is 11.5 Å². The predicted octanol–water partition coefficient (Wildman–Crippen LogP) is 3.88. The number of anilines is 1. The molecule has 92 valence electrons. The van der Waals surface area contributed by atoms with Crippen LogP contribution in [-0.4, -0.2) is 11.8 Å². The van der Waals surface area contributed by atoms with Gasteiger partial charge in [-0.15, -0.1) is 0 Å². The van der Waals surface area contributed by atoms with Crippen molar-refractivity contribution in [3.8, 4) is 0 Å². The topological polar surface area (TPSA) is 29.1 Å². The number of carbonyl (C=O) groups excluding carboxylic acids is 1. The van der Waals surface area contributed by atoms with Crippen LogP contribution in [0.2, 0.25) is 0 Å². The highest BCUT2D eigenvalue weighted by Crippen LogP contribution is 2.27. The number of Topliss-reactive ketones (excluding diaryl/α,β-unsaturated/α-hetero) is 1. The SMILES string of the molecule is CCC(=O)c1ccc(NC2CCC(C)C2)cc1. The lowest BCUT2D eigenvalue weighted by atomic mass is 10.1. The first-order chi connectivity index (χ1) is 8.19. The molecule has 0 amide bonds. The second-order valence-corrected chi connectivity index (χ2v) is 5.11. The minimum Gasteiger partial charge on any atom is -0.382 e. The zero-order valence-electron chi connectivity index (χ0n) is 10.7. The van der Waals surface area contributed by atoms with Crippen molar-refractivity contribution in [2.24, 2.45) is 5.92 Å². The highest BCUT2D eigenvalue weighted by molar-refractivity contribution is 5.96. The monoisotopic (exact) mass is 231 g/mol. The molecule has 1 saturated carbocycles. The van der Waals surface area contributed by atoms with Gasteiger partial charge in [0.2, 0.25) is 0 Å². The second-order valence-electron chi connectivity index (χ2n) is 5.11. The highest BCUT2D eigenvalue weighted by Gasteiger charge is 2.20. The summed E-state index contributed by atoms with van der Waals surface area (Å²) in [6.07, 6.45) is 4.42. The van der Waals surface area contributed by atoms with E-state index in [9.17, 15) is 4.79 Å². The Morgan fingerprint density at radius 3 is 2.53 bits per heavy atom. The molecule has 1 aliphatic rings. The van der Waals surface area contributed by atoms with Crippen molar-refractivity contribution in [2.45, 2.75) is 45.6 Å². The van der Waals surface area contributed by atoms with Crippen LogP contribution in [0, 0.1) is 5.92 Å². The quantitative estimate of drug-likeness (QED) is 0.797. The third kappa shape index (κ3) is 3.09. The van der Waals surface area contributed by atoms with Gasteiger partial charge in [0.25, 0.3) is 0 Å². The zero-order chi connectivity index (χ0) is 12.3. The Hall–Kier alpha value is -1.31. The van der Waals surface area contributed by atoms with Gasteiger partial charge in [0.1, 0.15) is 0 Å². The van der Waals surface area contributed by atoms with Gasteiger partial charge in [-0.05, 0) is 49.4 Å². The fourth-order valence-electron chi connectivity index (χ4n) is 2.53. The number of ketones is 1. The number of benzene rings is 1. The van der Waals surface area contributed by atoms with E-state index in [1.165, 1.54) is 19.3 Å². The maximum atomic E-state index is 11.5. The van der Waals surface area contributed by atoms with Crippen LogP contribution >= 0.6 is 0 Å². The zero-order valence-corrected chi connectivity index (χ0v) is 10.7. The number of nitrogens with one attached hydrogen (secondary N) is 1. The maximum Gasteiger partial charge on any atom is 0.162 e. The molecular formula is C15H21NO. The first kappa shape index (κ1) is 12.2. The third-order valence-electron chi connectivity index (χ3n) is 3.59. The Labute approximate surface area is 103 Å². The molecule has 1 aliphatic carbocycles. The Balaban J connectivity index is 1.96. The fraction of sp³-hybridized carbons (Fsp3) is 0.533. The van der Waals surface area contributed by atoms with E-state index in [1.54, 1.807) is 0 Å². The maximum absolute atomic E-state index is 11.5. The van der Waals surface area contributed by atoms with E-state index in [0.29, 0.717) is 12.5 Å². The molecule has 1 aromatic rings. The molecule has 1 fully saturated rings. The van der Waals surface area contributed by atoms with E-state index in [1.807, 2.05) is 31.2 Å². The van der Waals surface area contributed by atoms with Crippen molar-refractivity contribution < 1.29 is 4.79 Å². The molecule has 0 aliphatic heterocycles. The Morgan fingerprint density at radius 2 is 2.00 bits per heavy atom. The summed E-state index contributed by atoms with van der Waals surface area (Å²) in [6.45, 7) is 4.21. The van der Waals surface area contributed by atoms with E-state index in [4.69, 9.17) is 0 Å². The molecule has 0 bridgehead atoms. The normalized spacial score (nSPS) is 23.6. The lowest BCUT2D eigenvalue weighted by Crippen LogP contribution is -2.15. The van der Waals surface area contributed by atoms with Gasteiger partial charge in [0.15, 0.2) is 5.78 Å². The van der Waals surface area contributed by atoms with Gasteiger partial charge in [-0.25, -0.2) is 0 Å². The van der Waals surface area contributed by atoms with Crippen LogP contribution in [0.15, 0.2) is 24.3 Å². The smallest absolute Gasteiger partial charge is 0.162 e. The molecule has 1 N–H and O–H groups in total. The Morgan fingerprint density at radius 1 is 1.29 bits per heavy atom. The molecule has 2 atom stereocenters. The van der Waals surface area contributed by atoms with Crippen molar-refractivity contribution in [1.29, 1.82) is 0 Å². The first-order valence-corrected chi connectivity index (χ1v) is 6.59. The summed E-state index contributed by atoms with van der Waals surface area (Å²) in [4.78, 5) is 11.5. The van der Waals surface area contributed by atoms with Crippen LogP contribution < -0.4 is 5.32 Å². The van der Waals surface area contributed by atoms with Gasteiger partial charge in [-0.3, -0.25) is 4.79 Å². The average Bonchev–Trinajstić information content (AvgIpc) is 2.75. The molecule has 1 aromatic carbocycles. The van der Waals surface area contributed by atoms with Crippen molar-refractivity contribution in [3.05, 3.63) is 29.8 Å². The van der Waals surface area contributed by atoms with Crippen LogP contribution in [0.25, 0.3) is 0 Å². The minimum atomic E-state index is 0.214. The largest absolute Gasteiger partial charge is 0.382 e.